The number of rotatable bonds is 5. The number of nitrogens with one attached hydrogen (secondary N) is 2. The average Bonchev–Trinajstić information content (AvgIpc) is 3.03. The Morgan fingerprint density at radius 1 is 1.24 bits per heavy atom. The monoisotopic (exact) mass is 386 g/mol. The van der Waals surface area contributed by atoms with Crippen LogP contribution in [0, 0.1) is 6.92 Å². The van der Waals surface area contributed by atoms with Gasteiger partial charge in [0.05, 0.1) is 19.8 Å². The molecule has 12 heteroatoms. The number of nitrogens with zero attached hydrogens (tertiary/aromatic N) is 2. The average molecular weight is 386 g/mol. The molecule has 0 aliphatic carbocycles. The van der Waals surface area contributed by atoms with Crippen LogP contribution >= 0.6 is 11.3 Å². The molecule has 2 aromatic rings. The molecule has 0 saturated heterocycles. The van der Waals surface area contributed by atoms with E-state index in [9.17, 15) is 18.0 Å². The summed E-state index contributed by atoms with van der Waals surface area (Å²) in [7, 11) is -1.76. The number of ether oxygens (including phenoxy) is 2. The molecule has 2 heterocycles. The molecular formula is C13H14N4O6S2. The Labute approximate surface area is 147 Å². The van der Waals surface area contributed by atoms with Gasteiger partial charge in [-0.05, 0) is 18.4 Å². The Balaban J connectivity index is 2.19. The van der Waals surface area contributed by atoms with Crippen molar-refractivity contribution >= 4 is 39.3 Å². The molecule has 0 fully saturated rings. The first-order valence-electron chi connectivity index (χ1n) is 6.66. The fourth-order valence-electron chi connectivity index (χ4n) is 1.76. The number of anilines is 1. The lowest BCUT2D eigenvalue weighted by Gasteiger charge is -2.09. The lowest BCUT2D eigenvalue weighted by molar-refractivity contribution is 0.0597. The molecule has 2 N–H and O–H groups in total. The maximum atomic E-state index is 12.3. The first kappa shape index (κ1) is 18.6. The SMILES string of the molecule is COC(=O)c1ccsc1S(=O)(=O)NC(=O)Nc1nc(C)cc(OC)n1. The molecule has 0 spiro atoms. The van der Waals surface area contributed by atoms with Crippen LogP contribution in [0.5, 0.6) is 5.88 Å². The molecule has 2 rings (SSSR count). The Bertz CT molecular complexity index is 909. The van der Waals surface area contributed by atoms with Crippen LogP contribution in [0.2, 0.25) is 0 Å². The number of hydrogen-bond acceptors (Lipinski definition) is 9. The Morgan fingerprint density at radius 3 is 2.60 bits per heavy atom. The zero-order valence-electron chi connectivity index (χ0n) is 13.4. The second-order valence-corrected chi connectivity index (χ2v) is 7.34. The van der Waals surface area contributed by atoms with Crippen molar-refractivity contribution in [1.82, 2.24) is 14.7 Å². The topological polar surface area (TPSA) is 137 Å². The standard InChI is InChI=1S/C13H14N4O6S2/c1-7-6-9(22-2)15-12(14-7)16-13(19)17-25(20,21)11-8(4-5-24-11)10(18)23-3/h4-6H,1-3H3,(H2,14,15,16,17,19). The van der Waals surface area contributed by atoms with Gasteiger partial charge in [0.1, 0.15) is 0 Å². The summed E-state index contributed by atoms with van der Waals surface area (Å²) >= 11 is 0.774. The van der Waals surface area contributed by atoms with E-state index in [1.807, 2.05) is 0 Å². The molecule has 0 radical (unpaired) electrons. The minimum absolute atomic E-state index is 0.135. The predicted molar refractivity (Wildman–Crippen MR) is 88.3 cm³/mol. The second kappa shape index (κ2) is 7.44. The molecular weight excluding hydrogens is 372 g/mol. The maximum absolute atomic E-state index is 12.3. The van der Waals surface area contributed by atoms with Crippen molar-refractivity contribution in [2.24, 2.45) is 0 Å². The van der Waals surface area contributed by atoms with E-state index < -0.39 is 22.0 Å². The van der Waals surface area contributed by atoms with E-state index in [2.05, 4.69) is 20.0 Å². The normalized spacial score (nSPS) is 10.8. The summed E-state index contributed by atoms with van der Waals surface area (Å²) in [6.07, 6.45) is 0. The van der Waals surface area contributed by atoms with Gasteiger partial charge in [0.25, 0.3) is 10.0 Å². The van der Waals surface area contributed by atoms with Crippen molar-refractivity contribution in [3.63, 3.8) is 0 Å². The second-order valence-electron chi connectivity index (χ2n) is 4.55. The van der Waals surface area contributed by atoms with Crippen molar-refractivity contribution < 1.29 is 27.5 Å². The van der Waals surface area contributed by atoms with Crippen LogP contribution in [0.3, 0.4) is 0 Å². The highest BCUT2D eigenvalue weighted by Gasteiger charge is 2.27. The van der Waals surface area contributed by atoms with Crippen LogP contribution in [-0.2, 0) is 14.8 Å². The number of sulfonamides is 1. The first-order valence-corrected chi connectivity index (χ1v) is 9.02. The highest BCUT2D eigenvalue weighted by molar-refractivity contribution is 7.92. The van der Waals surface area contributed by atoms with E-state index in [1.54, 1.807) is 11.6 Å². The Kier molecular flexibility index (Phi) is 5.54. The molecule has 0 atom stereocenters. The number of carbonyl (C=O) groups is 2. The van der Waals surface area contributed by atoms with Gasteiger partial charge >= 0.3 is 12.0 Å². The summed E-state index contributed by atoms with van der Waals surface area (Å²) in [4.78, 5) is 31.4. The summed E-state index contributed by atoms with van der Waals surface area (Å²) < 4.78 is 35.5. The Hall–Kier alpha value is -2.73. The van der Waals surface area contributed by atoms with Gasteiger partial charge in [0, 0.05) is 11.8 Å². The quantitative estimate of drug-likeness (QED) is 0.730. The minimum atomic E-state index is -4.28. The van der Waals surface area contributed by atoms with E-state index in [-0.39, 0.29) is 21.6 Å². The smallest absolute Gasteiger partial charge is 0.340 e. The van der Waals surface area contributed by atoms with Gasteiger partial charge in [0.2, 0.25) is 11.8 Å². The fraction of sp³-hybridized carbons (Fsp3) is 0.231. The number of urea groups is 1. The summed E-state index contributed by atoms with van der Waals surface area (Å²) in [5.74, 6) is -0.755. The summed E-state index contributed by atoms with van der Waals surface area (Å²) in [5, 5.41) is 3.59. The molecule has 0 aliphatic rings. The van der Waals surface area contributed by atoms with Crippen LogP contribution in [0.4, 0.5) is 10.7 Å². The van der Waals surface area contributed by atoms with Crippen LogP contribution in [-0.4, -0.2) is 44.6 Å². The largest absolute Gasteiger partial charge is 0.481 e. The van der Waals surface area contributed by atoms with Crippen molar-refractivity contribution in [1.29, 1.82) is 0 Å². The maximum Gasteiger partial charge on any atom is 0.340 e. The molecule has 0 aromatic carbocycles. The zero-order chi connectivity index (χ0) is 18.6. The number of esters is 1. The number of aryl methyl sites for hydroxylation is 1. The van der Waals surface area contributed by atoms with Gasteiger partial charge < -0.3 is 9.47 Å². The highest BCUT2D eigenvalue weighted by atomic mass is 32.2. The van der Waals surface area contributed by atoms with E-state index in [4.69, 9.17) is 4.74 Å². The van der Waals surface area contributed by atoms with Crippen LogP contribution in [0.25, 0.3) is 0 Å². The first-order chi connectivity index (χ1) is 11.8. The Morgan fingerprint density at radius 2 is 1.96 bits per heavy atom. The molecule has 0 unspecified atom stereocenters. The fourth-order valence-corrected chi connectivity index (χ4v) is 3.99. The van der Waals surface area contributed by atoms with Gasteiger partial charge in [-0.15, -0.1) is 11.3 Å². The molecule has 10 nitrogen and oxygen atoms in total. The summed E-state index contributed by atoms with van der Waals surface area (Å²) in [6.45, 7) is 1.65. The van der Waals surface area contributed by atoms with Gasteiger partial charge in [-0.2, -0.15) is 4.98 Å². The molecule has 0 bridgehead atoms. The lowest BCUT2D eigenvalue weighted by Crippen LogP contribution is -2.35. The summed E-state index contributed by atoms with van der Waals surface area (Å²) in [6, 6.07) is 1.74. The number of aromatic nitrogens is 2. The van der Waals surface area contributed by atoms with Crippen molar-refractivity contribution in [2.45, 2.75) is 11.1 Å². The van der Waals surface area contributed by atoms with Crippen LogP contribution in [0.1, 0.15) is 16.1 Å². The molecule has 134 valence electrons. The molecule has 2 aromatic heterocycles. The number of thiophene rings is 1. The predicted octanol–water partition coefficient (Wildman–Crippen LogP) is 1.15. The van der Waals surface area contributed by atoms with E-state index >= 15 is 0 Å². The van der Waals surface area contributed by atoms with Gasteiger partial charge in [-0.3, -0.25) is 5.32 Å². The molecule has 0 aliphatic heterocycles. The van der Waals surface area contributed by atoms with Crippen LogP contribution < -0.4 is 14.8 Å². The van der Waals surface area contributed by atoms with Crippen molar-refractivity contribution in [3.8, 4) is 5.88 Å². The molecule has 2 amide bonds. The number of hydrogen-bond donors (Lipinski definition) is 2. The van der Waals surface area contributed by atoms with Crippen LogP contribution in [0.15, 0.2) is 21.7 Å². The lowest BCUT2D eigenvalue weighted by atomic mass is 10.3. The van der Waals surface area contributed by atoms with Crippen molar-refractivity contribution in [3.05, 3.63) is 28.8 Å². The van der Waals surface area contributed by atoms with Crippen molar-refractivity contribution in [2.75, 3.05) is 19.5 Å². The highest BCUT2D eigenvalue weighted by Crippen LogP contribution is 2.23. The molecule has 0 saturated carbocycles. The third-order valence-corrected chi connectivity index (χ3v) is 5.59. The number of carbonyl (C=O) groups excluding carboxylic acids is 2. The zero-order valence-corrected chi connectivity index (χ0v) is 15.0. The number of methoxy groups -OCH3 is 2. The van der Waals surface area contributed by atoms with E-state index in [1.165, 1.54) is 24.6 Å². The minimum Gasteiger partial charge on any atom is -0.481 e. The van der Waals surface area contributed by atoms with Gasteiger partial charge in [-0.1, -0.05) is 0 Å². The third kappa shape index (κ3) is 4.42. The van der Waals surface area contributed by atoms with E-state index in [0.717, 1.165) is 18.4 Å². The third-order valence-electron chi connectivity index (χ3n) is 2.77. The van der Waals surface area contributed by atoms with E-state index in [0.29, 0.717) is 5.69 Å². The summed E-state index contributed by atoms with van der Waals surface area (Å²) in [5.41, 5.74) is 0.345. The van der Waals surface area contributed by atoms with Gasteiger partial charge in [0.15, 0.2) is 4.21 Å². The van der Waals surface area contributed by atoms with Gasteiger partial charge in [-0.25, -0.2) is 27.7 Å². The number of amides is 2. The molecule has 25 heavy (non-hydrogen) atoms.